The van der Waals surface area contributed by atoms with Crippen LogP contribution in [0, 0.1) is 6.92 Å². The number of H-pyrrole nitrogens is 1. The van der Waals surface area contributed by atoms with Gasteiger partial charge in [-0.05, 0) is 13.8 Å². The number of nitrogens with zero attached hydrogens (tertiary/aromatic N) is 4. The van der Waals surface area contributed by atoms with Crippen molar-refractivity contribution in [3.63, 3.8) is 0 Å². The molecule has 0 atom stereocenters. The average molecular weight is 289 g/mol. The van der Waals surface area contributed by atoms with Crippen molar-refractivity contribution in [3.8, 4) is 0 Å². The van der Waals surface area contributed by atoms with Gasteiger partial charge in [-0.3, -0.25) is 5.10 Å². The van der Waals surface area contributed by atoms with Gasteiger partial charge in [0.1, 0.15) is 5.82 Å². The summed E-state index contributed by atoms with van der Waals surface area (Å²) in [6.45, 7) is 5.48. The van der Waals surface area contributed by atoms with E-state index >= 15 is 0 Å². The van der Waals surface area contributed by atoms with E-state index in [2.05, 4.69) is 35.8 Å². The van der Waals surface area contributed by atoms with E-state index in [4.69, 9.17) is 0 Å². The summed E-state index contributed by atoms with van der Waals surface area (Å²) in [5.41, 5.74) is 3.62. The summed E-state index contributed by atoms with van der Waals surface area (Å²) in [6.07, 6.45) is 1.73. The lowest BCUT2D eigenvalue weighted by Crippen LogP contribution is -2.07. The first-order valence-electron chi connectivity index (χ1n) is 6.35. The van der Waals surface area contributed by atoms with Crippen LogP contribution in [0.1, 0.15) is 17.5 Å². The van der Waals surface area contributed by atoms with Crippen LogP contribution in [0.5, 0.6) is 0 Å². The largest absolute Gasteiger partial charge is 0.364 e. The minimum Gasteiger partial charge on any atom is -0.364 e. The predicted octanol–water partition coefficient (Wildman–Crippen LogP) is 2.16. The highest BCUT2D eigenvalue weighted by Gasteiger charge is 2.10. The Hall–Kier alpha value is -2.22. The van der Waals surface area contributed by atoms with Crippen molar-refractivity contribution in [2.75, 3.05) is 17.2 Å². The van der Waals surface area contributed by atoms with Crippen molar-refractivity contribution >= 4 is 34.1 Å². The minimum atomic E-state index is 0.591. The zero-order valence-corrected chi connectivity index (χ0v) is 12.1. The Bertz CT molecular complexity index is 717. The molecule has 0 bridgehead atoms. The molecule has 0 spiro atoms. The van der Waals surface area contributed by atoms with Gasteiger partial charge in [0.05, 0.1) is 29.3 Å². The predicted molar refractivity (Wildman–Crippen MR) is 80.0 cm³/mol. The maximum atomic E-state index is 4.48. The lowest BCUT2D eigenvalue weighted by Gasteiger charge is -2.08. The molecule has 0 saturated heterocycles. The molecule has 0 unspecified atom stereocenters. The first kappa shape index (κ1) is 12.8. The highest BCUT2D eigenvalue weighted by atomic mass is 32.1. The summed E-state index contributed by atoms with van der Waals surface area (Å²) in [7, 11) is 0. The van der Waals surface area contributed by atoms with Crippen LogP contribution in [0.25, 0.3) is 11.0 Å². The van der Waals surface area contributed by atoms with Crippen LogP contribution in [0.3, 0.4) is 0 Å². The smallest absolute Gasteiger partial charge is 0.226 e. The van der Waals surface area contributed by atoms with E-state index in [1.54, 1.807) is 17.5 Å². The second kappa shape index (κ2) is 5.41. The van der Waals surface area contributed by atoms with Gasteiger partial charge in [-0.15, -0.1) is 11.3 Å². The summed E-state index contributed by atoms with van der Waals surface area (Å²) < 4.78 is 0. The summed E-state index contributed by atoms with van der Waals surface area (Å²) in [6, 6.07) is 0. The number of fused-ring (bicyclic) bond motifs is 1. The third-order valence-electron chi connectivity index (χ3n) is 2.91. The molecule has 3 heterocycles. The van der Waals surface area contributed by atoms with E-state index < -0.39 is 0 Å². The van der Waals surface area contributed by atoms with Crippen molar-refractivity contribution < 1.29 is 0 Å². The SMILES string of the molecule is CCNc1nc(NCc2scnc2C)c2cn[nH]c2n1. The van der Waals surface area contributed by atoms with Gasteiger partial charge in [0.25, 0.3) is 0 Å². The first-order valence-corrected chi connectivity index (χ1v) is 7.23. The topological polar surface area (TPSA) is 91.4 Å². The zero-order chi connectivity index (χ0) is 13.9. The van der Waals surface area contributed by atoms with Gasteiger partial charge < -0.3 is 10.6 Å². The first-order chi connectivity index (χ1) is 9.78. The molecular formula is C12H15N7S. The molecule has 0 aliphatic carbocycles. The fourth-order valence-corrected chi connectivity index (χ4v) is 2.58. The van der Waals surface area contributed by atoms with Crippen molar-refractivity contribution in [3.05, 3.63) is 22.3 Å². The Kier molecular flexibility index (Phi) is 3.46. The summed E-state index contributed by atoms with van der Waals surface area (Å²) in [4.78, 5) is 14.3. The average Bonchev–Trinajstić information content (AvgIpc) is 3.05. The second-order valence-electron chi connectivity index (χ2n) is 4.27. The zero-order valence-electron chi connectivity index (χ0n) is 11.3. The minimum absolute atomic E-state index is 0.591. The third kappa shape index (κ3) is 2.42. The molecule has 0 aromatic carbocycles. The number of rotatable bonds is 5. The molecule has 0 radical (unpaired) electrons. The van der Waals surface area contributed by atoms with Crippen LogP contribution in [0.2, 0.25) is 0 Å². The van der Waals surface area contributed by atoms with E-state index in [-0.39, 0.29) is 0 Å². The summed E-state index contributed by atoms with van der Waals surface area (Å²) >= 11 is 1.63. The number of nitrogens with one attached hydrogen (secondary N) is 3. The number of hydrogen-bond donors (Lipinski definition) is 3. The van der Waals surface area contributed by atoms with E-state index in [0.717, 1.165) is 29.1 Å². The number of aryl methyl sites for hydroxylation is 1. The van der Waals surface area contributed by atoms with Crippen LogP contribution in [-0.4, -0.2) is 31.7 Å². The van der Waals surface area contributed by atoms with Gasteiger partial charge in [-0.25, -0.2) is 4.98 Å². The van der Waals surface area contributed by atoms with Crippen LogP contribution >= 0.6 is 11.3 Å². The molecule has 0 aliphatic heterocycles. The van der Waals surface area contributed by atoms with E-state index in [0.29, 0.717) is 12.5 Å². The number of hydrogen-bond acceptors (Lipinski definition) is 7. The number of anilines is 2. The normalized spacial score (nSPS) is 10.9. The fraction of sp³-hybridized carbons (Fsp3) is 0.333. The standard InChI is InChI=1S/C12H15N7S/c1-3-13-12-17-10(8-4-16-19-11(8)18-12)14-5-9-7(2)15-6-20-9/h4,6H,3,5H2,1-2H3,(H3,13,14,16,17,18,19). The summed E-state index contributed by atoms with van der Waals surface area (Å²) in [5, 5.41) is 14.2. The Morgan fingerprint density at radius 1 is 1.30 bits per heavy atom. The van der Waals surface area contributed by atoms with Crippen molar-refractivity contribution in [1.82, 2.24) is 25.1 Å². The third-order valence-corrected chi connectivity index (χ3v) is 3.84. The summed E-state index contributed by atoms with van der Waals surface area (Å²) in [5.74, 6) is 1.36. The van der Waals surface area contributed by atoms with Gasteiger partial charge in [0.2, 0.25) is 5.95 Å². The Balaban J connectivity index is 1.89. The molecule has 0 fully saturated rings. The molecule has 3 aromatic heterocycles. The van der Waals surface area contributed by atoms with Gasteiger partial charge in [0, 0.05) is 11.4 Å². The molecule has 0 amide bonds. The van der Waals surface area contributed by atoms with Crippen molar-refractivity contribution in [2.45, 2.75) is 20.4 Å². The highest BCUT2D eigenvalue weighted by molar-refractivity contribution is 7.09. The molecule has 7 nitrogen and oxygen atoms in total. The molecule has 20 heavy (non-hydrogen) atoms. The monoisotopic (exact) mass is 289 g/mol. The highest BCUT2D eigenvalue weighted by Crippen LogP contribution is 2.21. The molecule has 3 N–H and O–H groups in total. The maximum absolute atomic E-state index is 4.48. The van der Waals surface area contributed by atoms with Gasteiger partial charge in [-0.2, -0.15) is 15.1 Å². The van der Waals surface area contributed by atoms with E-state index in [1.807, 2.05) is 19.4 Å². The van der Waals surface area contributed by atoms with Gasteiger partial charge in [0.15, 0.2) is 5.65 Å². The lowest BCUT2D eigenvalue weighted by atomic mass is 10.3. The molecule has 3 rings (SSSR count). The lowest BCUT2D eigenvalue weighted by molar-refractivity contribution is 1.05. The molecule has 8 heteroatoms. The van der Waals surface area contributed by atoms with Gasteiger partial charge in [-0.1, -0.05) is 0 Å². The fourth-order valence-electron chi connectivity index (χ4n) is 1.87. The van der Waals surface area contributed by atoms with Crippen LogP contribution in [0.15, 0.2) is 11.7 Å². The maximum Gasteiger partial charge on any atom is 0.226 e. The van der Waals surface area contributed by atoms with E-state index in [9.17, 15) is 0 Å². The molecule has 3 aromatic rings. The van der Waals surface area contributed by atoms with Gasteiger partial charge >= 0.3 is 0 Å². The quantitative estimate of drug-likeness (QED) is 0.666. The van der Waals surface area contributed by atoms with Crippen LogP contribution < -0.4 is 10.6 Å². The molecular weight excluding hydrogens is 274 g/mol. The van der Waals surface area contributed by atoms with Crippen LogP contribution in [-0.2, 0) is 6.54 Å². The van der Waals surface area contributed by atoms with E-state index in [1.165, 1.54) is 4.88 Å². The van der Waals surface area contributed by atoms with Crippen molar-refractivity contribution in [1.29, 1.82) is 0 Å². The molecule has 0 aliphatic rings. The second-order valence-corrected chi connectivity index (χ2v) is 5.21. The molecule has 0 saturated carbocycles. The number of aromatic amines is 1. The Morgan fingerprint density at radius 2 is 2.20 bits per heavy atom. The molecule has 104 valence electrons. The van der Waals surface area contributed by atoms with Crippen LogP contribution in [0.4, 0.5) is 11.8 Å². The number of thiazole rings is 1. The van der Waals surface area contributed by atoms with Crippen molar-refractivity contribution in [2.24, 2.45) is 0 Å². The Morgan fingerprint density at radius 3 is 2.95 bits per heavy atom. The Labute approximate surface area is 119 Å². The number of aromatic nitrogens is 5.